The molecule has 1 aromatic rings. The molecule has 29 heavy (non-hydrogen) atoms. The fourth-order valence-electron chi connectivity index (χ4n) is 3.94. The molecule has 0 saturated heterocycles. The van der Waals surface area contributed by atoms with E-state index in [2.05, 4.69) is 4.99 Å². The highest BCUT2D eigenvalue weighted by atomic mass is 32.2. The molecule has 162 valence electrons. The van der Waals surface area contributed by atoms with Gasteiger partial charge in [-0.15, -0.1) is 11.8 Å². The number of hydrogen-bond acceptors (Lipinski definition) is 6. The molecule has 0 spiro atoms. The van der Waals surface area contributed by atoms with Crippen LogP contribution in [0.5, 0.6) is 5.75 Å². The highest BCUT2D eigenvalue weighted by molar-refractivity contribution is 8.12. The van der Waals surface area contributed by atoms with E-state index in [1.807, 2.05) is 0 Å². The number of ether oxygens (including phenoxy) is 1. The first kappa shape index (κ1) is 22.4. The minimum Gasteiger partial charge on any atom is -0.493 e. The van der Waals surface area contributed by atoms with Crippen molar-refractivity contribution in [1.29, 1.82) is 0 Å². The molecule has 10 heteroatoms. The molecule has 0 fully saturated rings. The average Bonchev–Trinajstić information content (AvgIpc) is 3.22. The molecule has 1 aromatic carbocycles. The molecule has 5 nitrogen and oxygen atoms in total. The number of nitrogens with zero attached hydrogens (tertiary/aromatic N) is 1. The Hall–Kier alpha value is -1.26. The lowest BCUT2D eigenvalue weighted by atomic mass is 9.72. The maximum absolute atomic E-state index is 13.9. The van der Waals surface area contributed by atoms with E-state index >= 15 is 0 Å². The lowest BCUT2D eigenvalue weighted by Crippen LogP contribution is -2.51. The quantitative estimate of drug-likeness (QED) is 0.716. The minimum absolute atomic E-state index is 0.0390. The number of thioether (sulfide) groups is 1. The zero-order chi connectivity index (χ0) is 21.7. The SMILES string of the molecule is CC(C)(CC(O)(CC1CSC=N1)C(F)(F)F)c1cc(S(C)(=O)=O)cc2c1OCC2. The van der Waals surface area contributed by atoms with Crippen LogP contribution in [-0.4, -0.2) is 55.5 Å². The number of alkyl halides is 3. The van der Waals surface area contributed by atoms with Gasteiger partial charge in [0.2, 0.25) is 0 Å². The summed E-state index contributed by atoms with van der Waals surface area (Å²) in [6, 6.07) is 2.27. The van der Waals surface area contributed by atoms with E-state index in [-0.39, 0.29) is 4.90 Å². The number of hydrogen-bond donors (Lipinski definition) is 1. The van der Waals surface area contributed by atoms with Crippen LogP contribution in [0.1, 0.15) is 37.8 Å². The number of benzene rings is 1. The van der Waals surface area contributed by atoms with Crippen LogP contribution in [0.4, 0.5) is 13.2 Å². The fourth-order valence-corrected chi connectivity index (χ4v) is 5.40. The number of halogens is 3. The minimum atomic E-state index is -4.86. The summed E-state index contributed by atoms with van der Waals surface area (Å²) in [5.74, 6) is 0.808. The largest absolute Gasteiger partial charge is 0.493 e. The smallest absolute Gasteiger partial charge is 0.417 e. The maximum Gasteiger partial charge on any atom is 0.417 e. The first-order chi connectivity index (χ1) is 13.2. The monoisotopic (exact) mass is 451 g/mol. The Bertz CT molecular complexity index is 928. The van der Waals surface area contributed by atoms with Crippen LogP contribution in [0.2, 0.25) is 0 Å². The highest BCUT2D eigenvalue weighted by Crippen LogP contribution is 2.48. The lowest BCUT2D eigenvalue weighted by Gasteiger charge is -2.39. The van der Waals surface area contributed by atoms with E-state index in [9.17, 15) is 26.7 Å². The van der Waals surface area contributed by atoms with E-state index in [1.165, 1.54) is 29.4 Å². The zero-order valence-corrected chi connectivity index (χ0v) is 18.0. The van der Waals surface area contributed by atoms with E-state index < -0.39 is 45.9 Å². The fraction of sp³-hybridized carbons (Fsp3) is 0.632. The van der Waals surface area contributed by atoms with Gasteiger partial charge < -0.3 is 9.84 Å². The topological polar surface area (TPSA) is 76.0 Å². The first-order valence-corrected chi connectivity index (χ1v) is 12.1. The normalized spacial score (nSPS) is 21.7. The van der Waals surface area contributed by atoms with E-state index in [4.69, 9.17) is 4.74 Å². The molecular formula is C19H24F3NO4S2. The second-order valence-electron chi connectivity index (χ2n) is 8.37. The molecule has 0 amide bonds. The van der Waals surface area contributed by atoms with Crippen LogP contribution < -0.4 is 4.74 Å². The summed E-state index contributed by atoms with van der Waals surface area (Å²) in [4.78, 5) is 4.05. The lowest BCUT2D eigenvalue weighted by molar-refractivity contribution is -0.270. The number of sulfone groups is 1. The third-order valence-corrected chi connectivity index (χ3v) is 7.32. The van der Waals surface area contributed by atoms with Crippen molar-refractivity contribution in [3.63, 3.8) is 0 Å². The molecule has 0 saturated carbocycles. The van der Waals surface area contributed by atoms with E-state index in [0.717, 1.165) is 6.26 Å². The standard InChI is InChI=1S/C19H24F3NO4S2/c1-17(2,10-18(24,19(20,21)22)8-13-9-28-11-23-13)15-7-14(29(3,25)26)6-12-4-5-27-16(12)15/h6-7,11,13,24H,4-5,8-10H2,1-3H3. The van der Waals surface area contributed by atoms with Crippen molar-refractivity contribution in [3.05, 3.63) is 23.3 Å². The predicted octanol–water partition coefficient (Wildman–Crippen LogP) is 3.52. The van der Waals surface area contributed by atoms with Crippen molar-refractivity contribution in [3.8, 4) is 5.75 Å². The van der Waals surface area contributed by atoms with Crippen molar-refractivity contribution < 1.29 is 31.4 Å². The van der Waals surface area contributed by atoms with Crippen LogP contribution >= 0.6 is 11.8 Å². The van der Waals surface area contributed by atoms with Crippen LogP contribution in [0, 0.1) is 0 Å². The van der Waals surface area contributed by atoms with Crippen LogP contribution in [0.25, 0.3) is 0 Å². The molecule has 0 bridgehead atoms. The Morgan fingerprint density at radius 1 is 1.31 bits per heavy atom. The summed E-state index contributed by atoms with van der Waals surface area (Å²) in [6.45, 7) is 3.47. The van der Waals surface area contributed by atoms with Crippen molar-refractivity contribution in [1.82, 2.24) is 0 Å². The molecule has 1 N–H and O–H groups in total. The third kappa shape index (κ3) is 4.59. The summed E-state index contributed by atoms with van der Waals surface area (Å²) < 4.78 is 71.6. The zero-order valence-electron chi connectivity index (χ0n) is 16.4. The van der Waals surface area contributed by atoms with Gasteiger partial charge in [0.1, 0.15) is 5.75 Å². The maximum atomic E-state index is 13.9. The van der Waals surface area contributed by atoms with Gasteiger partial charge in [-0.05, 0) is 29.5 Å². The second-order valence-corrected chi connectivity index (χ2v) is 11.3. The Morgan fingerprint density at radius 2 is 2.00 bits per heavy atom. The van der Waals surface area contributed by atoms with Gasteiger partial charge in [-0.1, -0.05) is 13.8 Å². The van der Waals surface area contributed by atoms with Crippen LogP contribution in [0.3, 0.4) is 0 Å². The molecule has 0 radical (unpaired) electrons. The number of aliphatic imine (C=N–C) groups is 1. The molecular weight excluding hydrogens is 427 g/mol. The summed E-state index contributed by atoms with van der Waals surface area (Å²) in [5, 5.41) is 10.7. The van der Waals surface area contributed by atoms with Crippen LogP contribution in [-0.2, 0) is 21.7 Å². The summed E-state index contributed by atoms with van der Waals surface area (Å²) >= 11 is 1.31. The van der Waals surface area contributed by atoms with Crippen molar-refractivity contribution in [2.24, 2.45) is 4.99 Å². The van der Waals surface area contributed by atoms with Gasteiger partial charge >= 0.3 is 6.18 Å². The molecule has 3 rings (SSSR count). The van der Waals surface area contributed by atoms with Gasteiger partial charge in [-0.3, -0.25) is 4.99 Å². The number of fused-ring (bicyclic) bond motifs is 1. The third-order valence-electron chi connectivity index (χ3n) is 5.38. The first-order valence-electron chi connectivity index (χ1n) is 9.16. The van der Waals surface area contributed by atoms with E-state index in [0.29, 0.717) is 35.7 Å². The molecule has 2 aliphatic heterocycles. The molecule has 2 unspecified atom stereocenters. The van der Waals surface area contributed by atoms with Gasteiger partial charge in [0.25, 0.3) is 0 Å². The van der Waals surface area contributed by atoms with Gasteiger partial charge in [0, 0.05) is 30.4 Å². The highest BCUT2D eigenvalue weighted by Gasteiger charge is 2.57. The van der Waals surface area contributed by atoms with Crippen molar-refractivity contribution in [2.45, 2.75) is 61.2 Å². The Morgan fingerprint density at radius 3 is 2.55 bits per heavy atom. The second kappa shape index (κ2) is 7.46. The van der Waals surface area contributed by atoms with Crippen molar-refractivity contribution >= 4 is 27.1 Å². The molecule has 2 aliphatic rings. The average molecular weight is 452 g/mol. The van der Waals surface area contributed by atoms with Gasteiger partial charge in [-0.2, -0.15) is 13.2 Å². The summed E-state index contributed by atoms with van der Waals surface area (Å²) in [5.41, 5.74) is -1.64. The summed E-state index contributed by atoms with van der Waals surface area (Å²) in [6.07, 6.45) is -4.49. The Labute approximate surface area is 172 Å². The predicted molar refractivity (Wildman–Crippen MR) is 107 cm³/mol. The van der Waals surface area contributed by atoms with Crippen molar-refractivity contribution in [2.75, 3.05) is 18.6 Å². The summed E-state index contributed by atoms with van der Waals surface area (Å²) in [7, 11) is -3.56. The number of aliphatic hydroxyl groups is 1. The molecule has 2 heterocycles. The molecule has 0 aromatic heterocycles. The van der Waals surface area contributed by atoms with Gasteiger partial charge in [-0.25, -0.2) is 8.42 Å². The van der Waals surface area contributed by atoms with Crippen LogP contribution in [0.15, 0.2) is 22.0 Å². The van der Waals surface area contributed by atoms with E-state index in [1.54, 1.807) is 13.8 Å². The molecule has 0 aliphatic carbocycles. The Balaban J connectivity index is 2.03. The van der Waals surface area contributed by atoms with Gasteiger partial charge in [0.05, 0.1) is 23.1 Å². The van der Waals surface area contributed by atoms with Gasteiger partial charge in [0.15, 0.2) is 15.4 Å². The number of rotatable bonds is 6. The Kier molecular flexibility index (Phi) is 5.77. The molecule has 2 atom stereocenters.